The Morgan fingerprint density at radius 3 is 2.69 bits per heavy atom. The van der Waals surface area contributed by atoms with E-state index in [0.29, 0.717) is 29.1 Å². The van der Waals surface area contributed by atoms with Gasteiger partial charge in [0.1, 0.15) is 5.78 Å². The van der Waals surface area contributed by atoms with Gasteiger partial charge in [-0.1, -0.05) is 13.8 Å². The van der Waals surface area contributed by atoms with Crippen molar-refractivity contribution in [2.45, 2.75) is 64.6 Å². The Morgan fingerprint density at radius 2 is 2.00 bits per heavy atom. The number of carbonyl (C=O) groups is 1. The summed E-state index contributed by atoms with van der Waals surface area (Å²) in [5.74, 6) is 1.49. The minimum absolute atomic E-state index is 0.112. The zero-order valence-corrected chi connectivity index (χ0v) is 10.6. The maximum atomic E-state index is 12.1. The summed E-state index contributed by atoms with van der Waals surface area (Å²) in [5, 5.41) is 0. The first-order valence-corrected chi connectivity index (χ1v) is 6.63. The van der Waals surface area contributed by atoms with Crippen LogP contribution in [0.2, 0.25) is 0 Å². The van der Waals surface area contributed by atoms with Crippen LogP contribution in [-0.2, 0) is 9.53 Å². The van der Waals surface area contributed by atoms with Gasteiger partial charge in [-0.3, -0.25) is 4.79 Å². The molecule has 0 amide bonds. The van der Waals surface area contributed by atoms with Gasteiger partial charge in [-0.25, -0.2) is 0 Å². The lowest BCUT2D eigenvalue weighted by atomic mass is 9.53. The molecule has 2 nitrogen and oxygen atoms in total. The molecule has 0 aromatic rings. The fraction of sp³-hybridized carbons (Fsp3) is 0.929. The quantitative estimate of drug-likeness (QED) is 0.590. The Bertz CT molecular complexity index is 334. The second-order valence-corrected chi connectivity index (χ2v) is 6.87. The van der Waals surface area contributed by atoms with Crippen LogP contribution in [0.5, 0.6) is 0 Å². The number of epoxide rings is 1. The molecular weight excluding hydrogens is 200 g/mol. The van der Waals surface area contributed by atoms with Gasteiger partial charge in [-0.2, -0.15) is 0 Å². The van der Waals surface area contributed by atoms with E-state index in [9.17, 15) is 4.79 Å². The summed E-state index contributed by atoms with van der Waals surface area (Å²) in [4.78, 5) is 12.1. The minimum atomic E-state index is 0.112. The first-order valence-electron chi connectivity index (χ1n) is 6.63. The summed E-state index contributed by atoms with van der Waals surface area (Å²) in [6.45, 7) is 6.84. The molecule has 90 valence electrons. The van der Waals surface area contributed by atoms with Crippen LogP contribution in [0.15, 0.2) is 0 Å². The lowest BCUT2D eigenvalue weighted by Gasteiger charge is -2.51. The van der Waals surface area contributed by atoms with Crippen molar-refractivity contribution in [1.82, 2.24) is 0 Å². The van der Waals surface area contributed by atoms with Gasteiger partial charge < -0.3 is 4.74 Å². The molecule has 4 atom stereocenters. The number of hydrogen-bond acceptors (Lipinski definition) is 2. The zero-order valence-electron chi connectivity index (χ0n) is 10.6. The highest BCUT2D eigenvalue weighted by molar-refractivity contribution is 5.82. The molecule has 3 rings (SSSR count). The Labute approximate surface area is 97.7 Å². The summed E-state index contributed by atoms with van der Waals surface area (Å²) in [7, 11) is 0. The van der Waals surface area contributed by atoms with Crippen molar-refractivity contribution >= 4 is 5.78 Å². The second-order valence-electron chi connectivity index (χ2n) is 6.87. The van der Waals surface area contributed by atoms with E-state index in [1.54, 1.807) is 0 Å². The van der Waals surface area contributed by atoms with Crippen molar-refractivity contribution < 1.29 is 9.53 Å². The van der Waals surface area contributed by atoms with Crippen molar-refractivity contribution in [3.63, 3.8) is 0 Å². The smallest absolute Gasteiger partial charge is 0.136 e. The summed E-state index contributed by atoms with van der Waals surface area (Å²) in [6, 6.07) is 0. The van der Waals surface area contributed by atoms with Crippen LogP contribution < -0.4 is 0 Å². The van der Waals surface area contributed by atoms with E-state index in [1.165, 1.54) is 6.42 Å². The Balaban J connectivity index is 1.78. The zero-order chi connectivity index (χ0) is 11.6. The van der Waals surface area contributed by atoms with Crippen LogP contribution in [0.25, 0.3) is 0 Å². The molecule has 1 saturated heterocycles. The SMILES string of the molecule is CC1(C)C[C@@H]2C(=O)CCC3O[C@]3(C)CC[C@H]21. The Morgan fingerprint density at radius 1 is 1.25 bits per heavy atom. The highest BCUT2D eigenvalue weighted by Gasteiger charge is 2.56. The standard InChI is InChI=1S/C14H22O2/c1-13(2)8-9-10(13)6-7-14(3)12(16-14)5-4-11(9)15/h9-10,12H,4-8H2,1-3H3/t9-,10+,12?,14+/m0/s1. The van der Waals surface area contributed by atoms with Crippen molar-refractivity contribution in [2.75, 3.05) is 0 Å². The van der Waals surface area contributed by atoms with Crippen LogP contribution in [-0.4, -0.2) is 17.5 Å². The van der Waals surface area contributed by atoms with Crippen LogP contribution in [0.1, 0.15) is 52.9 Å². The first-order chi connectivity index (χ1) is 7.42. The van der Waals surface area contributed by atoms with Gasteiger partial charge in [0.05, 0.1) is 11.7 Å². The van der Waals surface area contributed by atoms with Crippen molar-refractivity contribution in [2.24, 2.45) is 17.3 Å². The third kappa shape index (κ3) is 1.46. The monoisotopic (exact) mass is 222 g/mol. The summed E-state index contributed by atoms with van der Waals surface area (Å²) in [5.41, 5.74) is 0.492. The molecule has 0 bridgehead atoms. The predicted octanol–water partition coefficient (Wildman–Crippen LogP) is 2.95. The molecule has 0 radical (unpaired) electrons. The Hall–Kier alpha value is -0.370. The third-order valence-electron chi connectivity index (χ3n) is 5.29. The normalized spacial score (nSPS) is 50.2. The summed E-state index contributed by atoms with van der Waals surface area (Å²) < 4.78 is 5.75. The van der Waals surface area contributed by atoms with Gasteiger partial charge >= 0.3 is 0 Å². The van der Waals surface area contributed by atoms with Crippen LogP contribution in [0.3, 0.4) is 0 Å². The number of rotatable bonds is 0. The molecule has 0 spiro atoms. The molecule has 0 aromatic carbocycles. The molecule has 1 unspecified atom stereocenters. The molecule has 2 aliphatic carbocycles. The number of ketones is 1. The molecule has 1 heterocycles. The molecule has 0 aromatic heterocycles. The number of ether oxygens (including phenoxy) is 1. The van der Waals surface area contributed by atoms with E-state index >= 15 is 0 Å². The second kappa shape index (κ2) is 3.10. The largest absolute Gasteiger partial charge is 0.366 e. The maximum Gasteiger partial charge on any atom is 0.136 e. The van der Waals surface area contributed by atoms with E-state index in [2.05, 4.69) is 20.8 Å². The molecule has 2 heteroatoms. The summed E-state index contributed by atoms with van der Waals surface area (Å²) >= 11 is 0. The highest BCUT2D eigenvalue weighted by Crippen LogP contribution is 2.57. The van der Waals surface area contributed by atoms with Gasteiger partial charge in [-0.05, 0) is 43.9 Å². The van der Waals surface area contributed by atoms with Gasteiger partial charge in [0.2, 0.25) is 0 Å². The summed E-state index contributed by atoms with van der Waals surface area (Å²) in [6.07, 6.45) is 5.51. The van der Waals surface area contributed by atoms with Gasteiger partial charge in [0.25, 0.3) is 0 Å². The maximum absolute atomic E-state index is 12.1. The minimum Gasteiger partial charge on any atom is -0.366 e. The Kier molecular flexibility index (Phi) is 2.08. The molecule has 0 N–H and O–H groups in total. The molecule has 16 heavy (non-hydrogen) atoms. The van der Waals surface area contributed by atoms with Crippen LogP contribution in [0, 0.1) is 17.3 Å². The van der Waals surface area contributed by atoms with E-state index in [4.69, 9.17) is 4.74 Å². The average Bonchev–Trinajstić information content (AvgIpc) is 2.82. The number of Topliss-reactive ketones (excluding diaryl/α,β-unsaturated/α-hetero) is 1. The van der Waals surface area contributed by atoms with E-state index in [-0.39, 0.29) is 5.60 Å². The van der Waals surface area contributed by atoms with Gasteiger partial charge in [0.15, 0.2) is 0 Å². The number of hydrogen-bond donors (Lipinski definition) is 0. The van der Waals surface area contributed by atoms with Gasteiger partial charge in [0, 0.05) is 12.3 Å². The third-order valence-corrected chi connectivity index (χ3v) is 5.29. The highest BCUT2D eigenvalue weighted by atomic mass is 16.6. The van der Waals surface area contributed by atoms with E-state index < -0.39 is 0 Å². The number of fused-ring (bicyclic) bond motifs is 2. The fourth-order valence-corrected chi connectivity index (χ4v) is 3.95. The first kappa shape index (κ1) is 10.8. The molecule has 3 fully saturated rings. The molecule has 3 aliphatic rings. The average molecular weight is 222 g/mol. The molecular formula is C14H22O2. The van der Waals surface area contributed by atoms with Gasteiger partial charge in [-0.15, -0.1) is 0 Å². The molecule has 2 saturated carbocycles. The number of carbonyl (C=O) groups excluding carboxylic acids is 1. The van der Waals surface area contributed by atoms with E-state index in [1.807, 2.05) is 0 Å². The van der Waals surface area contributed by atoms with Crippen LogP contribution in [0.4, 0.5) is 0 Å². The lowest BCUT2D eigenvalue weighted by molar-refractivity contribution is -0.137. The van der Waals surface area contributed by atoms with Crippen LogP contribution >= 0.6 is 0 Å². The van der Waals surface area contributed by atoms with Crippen molar-refractivity contribution in [1.29, 1.82) is 0 Å². The lowest BCUT2D eigenvalue weighted by Crippen LogP contribution is -2.47. The van der Waals surface area contributed by atoms with Crippen molar-refractivity contribution in [3.8, 4) is 0 Å². The van der Waals surface area contributed by atoms with E-state index in [0.717, 1.165) is 25.7 Å². The predicted molar refractivity (Wildman–Crippen MR) is 62.1 cm³/mol. The molecule has 1 aliphatic heterocycles. The van der Waals surface area contributed by atoms with Crippen molar-refractivity contribution in [3.05, 3.63) is 0 Å². The fourth-order valence-electron chi connectivity index (χ4n) is 3.95. The topological polar surface area (TPSA) is 29.6 Å².